The molecule has 2 fully saturated rings. The lowest BCUT2D eigenvalue weighted by molar-refractivity contribution is -0.136. The highest BCUT2D eigenvalue weighted by Gasteiger charge is 2.42. The van der Waals surface area contributed by atoms with E-state index in [-0.39, 0.29) is 36.1 Å². The third kappa shape index (κ3) is 2.30. The molecule has 2 aliphatic rings. The van der Waals surface area contributed by atoms with Gasteiger partial charge >= 0.3 is 0 Å². The number of amides is 1. The Morgan fingerprint density at radius 2 is 1.75 bits per heavy atom. The second kappa shape index (κ2) is 5.13. The molecular weight excluding hydrogens is 264 g/mol. The standard InChI is InChI=1S/C15H17F2NO2/c16-13-2-1-3-14(17)12(13)8-15(20)18-9-4-5-10(18)7-11(19)6-9/h1-3,9-11,19H,4-8H2. The molecule has 108 valence electrons. The molecule has 0 saturated carbocycles. The number of hydrogen-bond donors (Lipinski definition) is 1. The number of benzene rings is 1. The van der Waals surface area contributed by atoms with Gasteiger partial charge in [0.05, 0.1) is 12.5 Å². The van der Waals surface area contributed by atoms with Crippen LogP contribution in [0.4, 0.5) is 8.78 Å². The summed E-state index contributed by atoms with van der Waals surface area (Å²) < 4.78 is 27.2. The van der Waals surface area contributed by atoms with Crippen LogP contribution in [0.1, 0.15) is 31.2 Å². The fourth-order valence-electron chi connectivity index (χ4n) is 3.50. The van der Waals surface area contributed by atoms with E-state index >= 15 is 0 Å². The van der Waals surface area contributed by atoms with Crippen LogP contribution in [0.2, 0.25) is 0 Å². The fourth-order valence-corrected chi connectivity index (χ4v) is 3.50. The molecule has 2 aliphatic heterocycles. The number of rotatable bonds is 2. The van der Waals surface area contributed by atoms with Gasteiger partial charge in [-0.05, 0) is 37.8 Å². The van der Waals surface area contributed by atoms with Gasteiger partial charge in [-0.1, -0.05) is 6.07 Å². The fraction of sp³-hybridized carbons (Fsp3) is 0.533. The summed E-state index contributed by atoms with van der Waals surface area (Å²) in [5, 5.41) is 9.71. The Bertz CT molecular complexity index is 500. The summed E-state index contributed by atoms with van der Waals surface area (Å²) >= 11 is 0. The van der Waals surface area contributed by atoms with Crippen molar-refractivity contribution in [3.63, 3.8) is 0 Å². The topological polar surface area (TPSA) is 40.5 Å². The number of carbonyl (C=O) groups excluding carboxylic acids is 1. The summed E-state index contributed by atoms with van der Waals surface area (Å²) in [6, 6.07) is 3.66. The summed E-state index contributed by atoms with van der Waals surface area (Å²) in [4.78, 5) is 14.1. The summed E-state index contributed by atoms with van der Waals surface area (Å²) in [6.07, 6.45) is 2.27. The summed E-state index contributed by atoms with van der Waals surface area (Å²) in [5.41, 5.74) is -0.164. The number of aliphatic hydroxyl groups excluding tert-OH is 1. The van der Waals surface area contributed by atoms with Crippen molar-refractivity contribution in [3.8, 4) is 0 Å². The van der Waals surface area contributed by atoms with Gasteiger partial charge in [-0.2, -0.15) is 0 Å². The SMILES string of the molecule is O=C(Cc1c(F)cccc1F)N1C2CCC1CC(O)C2. The maximum absolute atomic E-state index is 13.6. The van der Waals surface area contributed by atoms with Crippen molar-refractivity contribution in [2.75, 3.05) is 0 Å². The highest BCUT2D eigenvalue weighted by molar-refractivity contribution is 5.80. The molecule has 2 bridgehead atoms. The molecule has 2 atom stereocenters. The number of piperidine rings is 1. The average Bonchev–Trinajstić information content (AvgIpc) is 2.66. The van der Waals surface area contributed by atoms with Gasteiger partial charge in [0, 0.05) is 17.6 Å². The smallest absolute Gasteiger partial charge is 0.227 e. The van der Waals surface area contributed by atoms with E-state index in [0.29, 0.717) is 12.8 Å². The van der Waals surface area contributed by atoms with E-state index in [2.05, 4.69) is 0 Å². The van der Waals surface area contributed by atoms with Crippen molar-refractivity contribution < 1.29 is 18.7 Å². The quantitative estimate of drug-likeness (QED) is 0.901. The number of nitrogens with zero attached hydrogens (tertiary/aromatic N) is 1. The number of carbonyl (C=O) groups is 1. The largest absolute Gasteiger partial charge is 0.393 e. The summed E-state index contributed by atoms with van der Waals surface area (Å²) in [6.45, 7) is 0. The molecule has 3 rings (SSSR count). The van der Waals surface area contributed by atoms with Gasteiger partial charge in [-0.25, -0.2) is 8.78 Å². The highest BCUT2D eigenvalue weighted by Crippen LogP contribution is 2.36. The van der Waals surface area contributed by atoms with E-state index in [1.807, 2.05) is 0 Å². The highest BCUT2D eigenvalue weighted by atomic mass is 19.1. The van der Waals surface area contributed by atoms with Crippen LogP contribution < -0.4 is 0 Å². The van der Waals surface area contributed by atoms with Crippen molar-refractivity contribution in [1.29, 1.82) is 0 Å². The third-order valence-electron chi connectivity index (χ3n) is 4.39. The van der Waals surface area contributed by atoms with Crippen molar-refractivity contribution in [2.24, 2.45) is 0 Å². The predicted octanol–water partition coefficient (Wildman–Crippen LogP) is 2.02. The minimum atomic E-state index is -0.678. The van der Waals surface area contributed by atoms with Crippen LogP contribution in [-0.4, -0.2) is 34.1 Å². The van der Waals surface area contributed by atoms with E-state index in [1.165, 1.54) is 18.2 Å². The first-order chi connectivity index (χ1) is 9.56. The second-order valence-corrected chi connectivity index (χ2v) is 5.69. The van der Waals surface area contributed by atoms with E-state index in [0.717, 1.165) is 12.8 Å². The van der Waals surface area contributed by atoms with Gasteiger partial charge in [0.2, 0.25) is 5.91 Å². The van der Waals surface area contributed by atoms with Crippen molar-refractivity contribution in [2.45, 2.75) is 50.3 Å². The molecule has 3 nitrogen and oxygen atoms in total. The van der Waals surface area contributed by atoms with Gasteiger partial charge in [0.25, 0.3) is 0 Å². The van der Waals surface area contributed by atoms with Gasteiger partial charge in [0.15, 0.2) is 0 Å². The third-order valence-corrected chi connectivity index (χ3v) is 4.39. The molecule has 0 aromatic heterocycles. The number of hydrogen-bond acceptors (Lipinski definition) is 2. The maximum Gasteiger partial charge on any atom is 0.227 e. The Morgan fingerprint density at radius 3 is 2.30 bits per heavy atom. The van der Waals surface area contributed by atoms with Gasteiger partial charge < -0.3 is 10.0 Å². The second-order valence-electron chi connectivity index (χ2n) is 5.69. The number of aliphatic hydroxyl groups is 1. The number of halogens is 2. The molecule has 0 radical (unpaired) electrons. The molecule has 0 spiro atoms. The Labute approximate surface area is 116 Å². The molecule has 2 unspecified atom stereocenters. The summed E-state index contributed by atoms with van der Waals surface area (Å²) in [5.74, 6) is -1.60. The van der Waals surface area contributed by atoms with Gasteiger partial charge in [0.1, 0.15) is 11.6 Å². The molecular formula is C15H17F2NO2. The predicted molar refractivity (Wildman–Crippen MR) is 69.0 cm³/mol. The monoisotopic (exact) mass is 281 g/mol. The lowest BCUT2D eigenvalue weighted by Gasteiger charge is -2.37. The van der Waals surface area contributed by atoms with Crippen LogP contribution in [0.3, 0.4) is 0 Å². The van der Waals surface area contributed by atoms with E-state index in [4.69, 9.17) is 0 Å². The molecule has 2 heterocycles. The lowest BCUT2D eigenvalue weighted by Crippen LogP contribution is -2.48. The minimum Gasteiger partial charge on any atom is -0.393 e. The van der Waals surface area contributed by atoms with Gasteiger partial charge in [-0.3, -0.25) is 4.79 Å². The minimum absolute atomic E-state index is 0.0195. The number of fused-ring (bicyclic) bond motifs is 2. The van der Waals surface area contributed by atoms with Crippen molar-refractivity contribution in [1.82, 2.24) is 4.90 Å². The van der Waals surface area contributed by atoms with Crippen LogP contribution in [0.15, 0.2) is 18.2 Å². The van der Waals surface area contributed by atoms with Crippen LogP contribution in [0, 0.1) is 11.6 Å². The zero-order valence-electron chi connectivity index (χ0n) is 11.1. The van der Waals surface area contributed by atoms with Crippen LogP contribution in [0.25, 0.3) is 0 Å². The van der Waals surface area contributed by atoms with Crippen LogP contribution in [0.5, 0.6) is 0 Å². The summed E-state index contributed by atoms with van der Waals surface area (Å²) in [7, 11) is 0. The lowest BCUT2D eigenvalue weighted by atomic mass is 9.98. The van der Waals surface area contributed by atoms with Crippen LogP contribution in [-0.2, 0) is 11.2 Å². The molecule has 1 aromatic rings. The average molecular weight is 281 g/mol. The van der Waals surface area contributed by atoms with E-state index in [9.17, 15) is 18.7 Å². The van der Waals surface area contributed by atoms with Crippen molar-refractivity contribution >= 4 is 5.91 Å². The Morgan fingerprint density at radius 1 is 1.20 bits per heavy atom. The van der Waals surface area contributed by atoms with E-state index < -0.39 is 11.6 Å². The van der Waals surface area contributed by atoms with Gasteiger partial charge in [-0.15, -0.1) is 0 Å². The van der Waals surface area contributed by atoms with E-state index in [1.54, 1.807) is 4.90 Å². The Kier molecular flexibility index (Phi) is 3.46. The molecule has 1 amide bonds. The molecule has 0 aliphatic carbocycles. The maximum atomic E-state index is 13.6. The molecule has 5 heteroatoms. The first-order valence-corrected chi connectivity index (χ1v) is 6.98. The molecule has 20 heavy (non-hydrogen) atoms. The Balaban J connectivity index is 1.77. The first kappa shape index (κ1) is 13.5. The molecule has 1 N–H and O–H groups in total. The normalized spacial score (nSPS) is 28.8. The zero-order chi connectivity index (χ0) is 14.3. The Hall–Kier alpha value is -1.49. The zero-order valence-corrected chi connectivity index (χ0v) is 11.1. The first-order valence-electron chi connectivity index (χ1n) is 6.98. The molecule has 2 saturated heterocycles. The van der Waals surface area contributed by atoms with Crippen LogP contribution >= 0.6 is 0 Å². The van der Waals surface area contributed by atoms with Crippen molar-refractivity contribution in [3.05, 3.63) is 35.4 Å². The molecule has 1 aromatic carbocycles.